The smallest absolute Gasteiger partial charge is 0.243 e. The first-order chi connectivity index (χ1) is 8.83. The van der Waals surface area contributed by atoms with E-state index in [-0.39, 0.29) is 16.7 Å². The first kappa shape index (κ1) is 14.6. The highest BCUT2D eigenvalue weighted by atomic mass is 35.5. The van der Waals surface area contributed by atoms with E-state index >= 15 is 0 Å². The van der Waals surface area contributed by atoms with E-state index < -0.39 is 21.7 Å². The van der Waals surface area contributed by atoms with Gasteiger partial charge in [-0.15, -0.1) is 0 Å². The summed E-state index contributed by atoms with van der Waals surface area (Å²) in [5, 5.41) is 10.2. The Hall–Kier alpha value is -0.800. The molecule has 2 rings (SSSR count). The van der Waals surface area contributed by atoms with Gasteiger partial charge in [-0.05, 0) is 18.5 Å². The monoisotopic (exact) mass is 307 g/mol. The number of sulfonamides is 1. The molecule has 0 spiro atoms. The average molecular weight is 308 g/mol. The minimum Gasteiger partial charge on any atom is -0.386 e. The van der Waals surface area contributed by atoms with Crippen molar-refractivity contribution in [3.63, 3.8) is 0 Å². The number of nitrogens with one attached hydrogen (secondary N) is 1. The van der Waals surface area contributed by atoms with Crippen LogP contribution in [0.2, 0.25) is 5.28 Å². The maximum Gasteiger partial charge on any atom is 0.243 e. The van der Waals surface area contributed by atoms with E-state index in [9.17, 15) is 13.5 Å². The Morgan fingerprint density at radius 2 is 2.21 bits per heavy atom. The summed E-state index contributed by atoms with van der Waals surface area (Å²) in [6, 6.07) is 0. The van der Waals surface area contributed by atoms with Crippen molar-refractivity contribution in [1.82, 2.24) is 14.7 Å². The molecule has 0 bridgehead atoms. The molecule has 2 unspecified atom stereocenters. The van der Waals surface area contributed by atoms with E-state index in [1.165, 1.54) is 0 Å². The van der Waals surface area contributed by atoms with Gasteiger partial charge in [-0.2, -0.15) is 0 Å². The van der Waals surface area contributed by atoms with Crippen LogP contribution in [0.4, 0.5) is 0 Å². The summed E-state index contributed by atoms with van der Waals surface area (Å²) in [5.41, 5.74) is -1.19. The Kier molecular flexibility index (Phi) is 4.07. The molecule has 1 saturated heterocycles. The zero-order chi connectivity index (χ0) is 14.1. The van der Waals surface area contributed by atoms with Gasteiger partial charge in [0.15, 0.2) is 0 Å². The number of hydrogen-bond acceptors (Lipinski definition) is 6. The Bertz CT molecular complexity index is 550. The largest absolute Gasteiger partial charge is 0.386 e. The second-order valence-corrected chi connectivity index (χ2v) is 6.48. The van der Waals surface area contributed by atoms with E-state index in [4.69, 9.17) is 16.3 Å². The van der Waals surface area contributed by atoms with Crippen molar-refractivity contribution in [1.29, 1.82) is 0 Å². The van der Waals surface area contributed by atoms with Crippen LogP contribution in [-0.2, 0) is 14.8 Å². The van der Waals surface area contributed by atoms with Gasteiger partial charge in [0.1, 0.15) is 10.5 Å². The predicted molar refractivity (Wildman–Crippen MR) is 67.2 cm³/mol. The molecule has 9 heteroatoms. The van der Waals surface area contributed by atoms with Crippen molar-refractivity contribution in [2.45, 2.75) is 29.9 Å². The quantitative estimate of drug-likeness (QED) is 0.756. The third-order valence-corrected chi connectivity index (χ3v) is 4.69. The summed E-state index contributed by atoms with van der Waals surface area (Å²) >= 11 is 5.49. The summed E-state index contributed by atoms with van der Waals surface area (Å²) in [5.74, 6) is 0. The van der Waals surface area contributed by atoms with Gasteiger partial charge in [-0.25, -0.2) is 23.1 Å². The maximum atomic E-state index is 12.0. The molecule has 1 aliphatic heterocycles. The Morgan fingerprint density at radius 3 is 2.74 bits per heavy atom. The Balaban J connectivity index is 2.08. The summed E-state index contributed by atoms with van der Waals surface area (Å²) in [4.78, 5) is 7.11. The first-order valence-electron chi connectivity index (χ1n) is 5.65. The van der Waals surface area contributed by atoms with Crippen LogP contribution in [0.15, 0.2) is 17.3 Å². The van der Waals surface area contributed by atoms with Crippen LogP contribution in [0.3, 0.4) is 0 Å². The number of hydrogen-bond donors (Lipinski definition) is 2. The average Bonchev–Trinajstić information content (AvgIpc) is 2.69. The Labute approximate surface area is 116 Å². The molecule has 2 N–H and O–H groups in total. The molecule has 0 saturated carbocycles. The molecule has 2 atom stereocenters. The van der Waals surface area contributed by atoms with E-state index in [1.54, 1.807) is 6.92 Å². The summed E-state index contributed by atoms with van der Waals surface area (Å²) in [6.07, 6.45) is 2.18. The molecular formula is C10H14ClN3O4S. The zero-order valence-electron chi connectivity index (χ0n) is 10.2. The second-order valence-electron chi connectivity index (χ2n) is 4.38. The van der Waals surface area contributed by atoms with Gasteiger partial charge in [0.2, 0.25) is 15.3 Å². The van der Waals surface area contributed by atoms with Crippen LogP contribution in [0.25, 0.3) is 0 Å². The number of nitrogens with zero attached hydrogens (tertiary/aromatic N) is 2. The standard InChI is InChI=1S/C10H14ClN3O4S/c1-7-10(15,2-3-18-7)6-14-19(16,17)8-4-12-9(11)13-5-8/h4-5,7,14-15H,2-3,6H2,1H3. The fourth-order valence-electron chi connectivity index (χ4n) is 1.75. The van der Waals surface area contributed by atoms with Crippen LogP contribution in [0, 0.1) is 0 Å². The lowest BCUT2D eigenvalue weighted by Gasteiger charge is -2.25. The summed E-state index contributed by atoms with van der Waals surface area (Å²) in [7, 11) is -3.78. The normalized spacial score (nSPS) is 27.6. The first-order valence-corrected chi connectivity index (χ1v) is 7.51. The molecule has 0 aromatic carbocycles. The topological polar surface area (TPSA) is 101 Å². The highest BCUT2D eigenvalue weighted by Crippen LogP contribution is 2.25. The van der Waals surface area contributed by atoms with Crippen molar-refractivity contribution in [3.8, 4) is 0 Å². The van der Waals surface area contributed by atoms with E-state index in [0.717, 1.165) is 12.4 Å². The van der Waals surface area contributed by atoms with Crippen LogP contribution in [0.1, 0.15) is 13.3 Å². The van der Waals surface area contributed by atoms with Gasteiger partial charge < -0.3 is 9.84 Å². The highest BCUT2D eigenvalue weighted by molar-refractivity contribution is 7.89. The molecule has 0 amide bonds. The molecule has 1 aromatic heterocycles. The minimum atomic E-state index is -3.78. The van der Waals surface area contributed by atoms with Crippen molar-refractivity contribution < 1.29 is 18.3 Å². The van der Waals surface area contributed by atoms with E-state index in [0.29, 0.717) is 13.0 Å². The van der Waals surface area contributed by atoms with Crippen LogP contribution in [0.5, 0.6) is 0 Å². The molecule has 7 nitrogen and oxygen atoms in total. The highest BCUT2D eigenvalue weighted by Gasteiger charge is 2.40. The van der Waals surface area contributed by atoms with Crippen molar-refractivity contribution in [2.75, 3.05) is 13.2 Å². The lowest BCUT2D eigenvalue weighted by molar-refractivity contribution is -0.0228. The van der Waals surface area contributed by atoms with Gasteiger partial charge in [0, 0.05) is 19.6 Å². The third-order valence-electron chi connectivity index (χ3n) is 3.13. The molecule has 1 aromatic rings. The molecule has 0 aliphatic carbocycles. The number of rotatable bonds is 4. The molecule has 2 heterocycles. The van der Waals surface area contributed by atoms with Crippen molar-refractivity contribution >= 4 is 21.6 Å². The van der Waals surface area contributed by atoms with Crippen molar-refractivity contribution in [2.24, 2.45) is 0 Å². The molecular weight excluding hydrogens is 294 g/mol. The van der Waals surface area contributed by atoms with Gasteiger partial charge >= 0.3 is 0 Å². The minimum absolute atomic E-state index is 0.0320. The molecule has 1 fully saturated rings. The van der Waals surface area contributed by atoms with Gasteiger partial charge in [-0.1, -0.05) is 0 Å². The molecule has 19 heavy (non-hydrogen) atoms. The van der Waals surface area contributed by atoms with Crippen LogP contribution >= 0.6 is 11.6 Å². The maximum absolute atomic E-state index is 12.0. The summed E-state index contributed by atoms with van der Waals surface area (Å²) in [6.45, 7) is 1.98. The SMILES string of the molecule is CC1OCCC1(O)CNS(=O)(=O)c1cnc(Cl)nc1. The molecule has 0 radical (unpaired) electrons. The van der Waals surface area contributed by atoms with Crippen LogP contribution in [-0.4, -0.2) is 48.3 Å². The zero-order valence-corrected chi connectivity index (χ0v) is 11.8. The van der Waals surface area contributed by atoms with E-state index in [2.05, 4.69) is 14.7 Å². The second kappa shape index (κ2) is 5.29. The fraction of sp³-hybridized carbons (Fsp3) is 0.600. The lowest BCUT2D eigenvalue weighted by Crippen LogP contribution is -2.47. The third kappa shape index (κ3) is 3.21. The van der Waals surface area contributed by atoms with Gasteiger partial charge in [-0.3, -0.25) is 0 Å². The number of ether oxygens (including phenoxy) is 1. The van der Waals surface area contributed by atoms with Gasteiger partial charge in [0.25, 0.3) is 0 Å². The number of aliphatic hydroxyl groups is 1. The number of aromatic nitrogens is 2. The summed E-state index contributed by atoms with van der Waals surface area (Å²) < 4.78 is 31.5. The molecule has 106 valence electrons. The Morgan fingerprint density at radius 1 is 1.58 bits per heavy atom. The lowest BCUT2D eigenvalue weighted by atomic mass is 9.97. The fourth-order valence-corrected chi connectivity index (χ4v) is 2.83. The van der Waals surface area contributed by atoms with Gasteiger partial charge in [0.05, 0.1) is 18.5 Å². The number of halogens is 1. The predicted octanol–water partition coefficient (Wildman–Crippen LogP) is -0.0518. The van der Waals surface area contributed by atoms with Crippen LogP contribution < -0.4 is 4.72 Å². The van der Waals surface area contributed by atoms with Crippen molar-refractivity contribution in [3.05, 3.63) is 17.7 Å². The van der Waals surface area contributed by atoms with E-state index in [1.807, 2.05) is 0 Å². The molecule has 1 aliphatic rings.